The van der Waals surface area contributed by atoms with Crippen LogP contribution >= 0.6 is 11.8 Å². The maximum Gasteiger partial charge on any atom is 0.236 e. The highest BCUT2D eigenvalue weighted by atomic mass is 32.2. The molecule has 0 N–H and O–H groups in total. The van der Waals surface area contributed by atoms with Crippen LogP contribution in [0.1, 0.15) is 31.4 Å². The fraction of sp³-hybridized carbons (Fsp3) is 0.381. The first-order chi connectivity index (χ1) is 12.6. The van der Waals surface area contributed by atoms with Gasteiger partial charge in [0.1, 0.15) is 0 Å². The average molecular weight is 372 g/mol. The lowest BCUT2D eigenvalue weighted by Gasteiger charge is -2.28. The zero-order valence-corrected chi connectivity index (χ0v) is 16.3. The minimum Gasteiger partial charge on any atom is -0.493 e. The Balaban J connectivity index is 1.76. The van der Waals surface area contributed by atoms with Gasteiger partial charge in [0.15, 0.2) is 11.5 Å². The van der Waals surface area contributed by atoms with Crippen LogP contribution in [0, 0.1) is 0 Å². The van der Waals surface area contributed by atoms with E-state index in [9.17, 15) is 4.79 Å². The van der Waals surface area contributed by atoms with Crippen molar-refractivity contribution in [1.82, 2.24) is 4.90 Å². The first kappa shape index (κ1) is 18.6. The molecular weight excluding hydrogens is 346 g/mol. The molecule has 2 aromatic rings. The third-order valence-corrected chi connectivity index (χ3v) is 5.83. The highest BCUT2D eigenvalue weighted by Gasteiger charge is 2.33. The maximum atomic E-state index is 13.1. The normalized spacial score (nSPS) is 17.8. The first-order valence-corrected chi connectivity index (χ1v) is 9.76. The van der Waals surface area contributed by atoms with Gasteiger partial charge in [-0.2, -0.15) is 0 Å². The van der Waals surface area contributed by atoms with Crippen molar-refractivity contribution in [1.29, 1.82) is 0 Å². The lowest BCUT2D eigenvalue weighted by Crippen LogP contribution is -2.36. The Kier molecular flexibility index (Phi) is 6.09. The van der Waals surface area contributed by atoms with Crippen molar-refractivity contribution in [3.8, 4) is 11.5 Å². The van der Waals surface area contributed by atoms with Gasteiger partial charge < -0.3 is 14.4 Å². The molecule has 2 unspecified atom stereocenters. The van der Waals surface area contributed by atoms with Crippen molar-refractivity contribution in [3.63, 3.8) is 0 Å². The number of amides is 1. The molecule has 4 nitrogen and oxygen atoms in total. The second-order valence-corrected chi connectivity index (χ2v) is 7.79. The van der Waals surface area contributed by atoms with E-state index in [0.29, 0.717) is 11.5 Å². The predicted molar refractivity (Wildman–Crippen MR) is 105 cm³/mol. The van der Waals surface area contributed by atoms with Gasteiger partial charge >= 0.3 is 0 Å². The maximum absolute atomic E-state index is 13.1. The molecule has 1 amide bonds. The number of carbonyl (C=O) groups excluding carboxylic acids is 1. The molecule has 1 heterocycles. The summed E-state index contributed by atoms with van der Waals surface area (Å²) in [5.74, 6) is 1.60. The van der Waals surface area contributed by atoms with Gasteiger partial charge in [0, 0.05) is 11.4 Å². The summed E-state index contributed by atoms with van der Waals surface area (Å²) in [5.41, 5.74) is 1.10. The number of likely N-dealkylation sites (tertiary alicyclic amines) is 1. The van der Waals surface area contributed by atoms with Crippen LogP contribution in [0.4, 0.5) is 0 Å². The Bertz CT molecular complexity index is 750. The van der Waals surface area contributed by atoms with E-state index in [1.807, 2.05) is 60.4 Å². The van der Waals surface area contributed by atoms with Gasteiger partial charge in [-0.1, -0.05) is 24.3 Å². The van der Waals surface area contributed by atoms with Crippen LogP contribution in [0.2, 0.25) is 0 Å². The Morgan fingerprint density at radius 2 is 1.85 bits per heavy atom. The summed E-state index contributed by atoms with van der Waals surface area (Å²) in [5, 5.41) is -0.113. The van der Waals surface area contributed by atoms with Crippen LogP contribution in [-0.4, -0.2) is 36.8 Å². The van der Waals surface area contributed by atoms with Crippen LogP contribution in [0.15, 0.2) is 53.4 Å². The lowest BCUT2D eigenvalue weighted by molar-refractivity contribution is -0.131. The van der Waals surface area contributed by atoms with Crippen LogP contribution in [0.25, 0.3) is 0 Å². The van der Waals surface area contributed by atoms with Gasteiger partial charge in [-0.3, -0.25) is 4.79 Å². The molecule has 2 aromatic carbocycles. The van der Waals surface area contributed by atoms with E-state index in [2.05, 4.69) is 0 Å². The first-order valence-electron chi connectivity index (χ1n) is 8.88. The number of nitrogens with zero attached hydrogens (tertiary/aromatic N) is 1. The van der Waals surface area contributed by atoms with Gasteiger partial charge in [-0.05, 0) is 49.6 Å². The highest BCUT2D eigenvalue weighted by Crippen LogP contribution is 2.38. The molecule has 0 bridgehead atoms. The number of ether oxygens (including phenoxy) is 2. The second-order valence-electron chi connectivity index (χ2n) is 6.38. The predicted octanol–water partition coefficient (Wildman–Crippen LogP) is 4.55. The summed E-state index contributed by atoms with van der Waals surface area (Å²) in [7, 11) is 3.27. The zero-order valence-electron chi connectivity index (χ0n) is 15.5. The van der Waals surface area contributed by atoms with Crippen molar-refractivity contribution in [2.45, 2.75) is 36.0 Å². The molecule has 0 aliphatic carbocycles. The van der Waals surface area contributed by atoms with Crippen molar-refractivity contribution in [3.05, 3.63) is 54.1 Å². The molecule has 2 atom stereocenters. The van der Waals surface area contributed by atoms with E-state index in [4.69, 9.17) is 9.47 Å². The van der Waals surface area contributed by atoms with Gasteiger partial charge in [-0.25, -0.2) is 0 Å². The largest absolute Gasteiger partial charge is 0.493 e. The molecule has 5 heteroatoms. The fourth-order valence-electron chi connectivity index (χ4n) is 3.42. The summed E-state index contributed by atoms with van der Waals surface area (Å²) >= 11 is 1.61. The topological polar surface area (TPSA) is 38.8 Å². The Morgan fingerprint density at radius 3 is 2.54 bits per heavy atom. The van der Waals surface area contributed by atoms with Gasteiger partial charge in [0.05, 0.1) is 25.5 Å². The van der Waals surface area contributed by atoms with E-state index in [0.717, 1.165) is 29.8 Å². The number of benzene rings is 2. The van der Waals surface area contributed by atoms with E-state index in [1.54, 1.807) is 26.0 Å². The molecule has 138 valence electrons. The SMILES string of the molecule is COc1ccc(C2CCCN2C(=O)C(C)Sc2ccccc2)cc1OC. The lowest BCUT2D eigenvalue weighted by atomic mass is 10.0. The molecule has 3 rings (SSSR count). The molecule has 1 aliphatic rings. The molecule has 1 saturated heterocycles. The van der Waals surface area contributed by atoms with E-state index in [-0.39, 0.29) is 17.2 Å². The molecule has 0 radical (unpaired) electrons. The standard InChI is InChI=1S/C21H25NO3S/c1-15(26-17-8-5-4-6-9-17)21(23)22-13-7-10-18(22)16-11-12-19(24-2)20(14-16)25-3/h4-6,8-9,11-12,14-15,18H,7,10,13H2,1-3H3. The summed E-state index contributed by atoms with van der Waals surface area (Å²) in [6.45, 7) is 2.79. The minimum absolute atomic E-state index is 0.0983. The zero-order chi connectivity index (χ0) is 18.5. The smallest absolute Gasteiger partial charge is 0.236 e. The summed E-state index contributed by atoms with van der Waals surface area (Å²) in [6, 6.07) is 16.1. The summed E-state index contributed by atoms with van der Waals surface area (Å²) in [6.07, 6.45) is 2.00. The van der Waals surface area contributed by atoms with Gasteiger partial charge in [0.25, 0.3) is 0 Å². The molecular formula is C21H25NO3S. The van der Waals surface area contributed by atoms with E-state index in [1.165, 1.54) is 0 Å². The Hall–Kier alpha value is -2.14. The molecule has 26 heavy (non-hydrogen) atoms. The van der Waals surface area contributed by atoms with Crippen LogP contribution in [0.3, 0.4) is 0 Å². The minimum atomic E-state index is -0.113. The summed E-state index contributed by atoms with van der Waals surface area (Å²) < 4.78 is 10.7. The van der Waals surface area contributed by atoms with Crippen molar-refractivity contribution >= 4 is 17.7 Å². The molecule has 0 aromatic heterocycles. The molecule has 0 saturated carbocycles. The van der Waals surface area contributed by atoms with Crippen molar-refractivity contribution in [2.24, 2.45) is 0 Å². The number of carbonyl (C=O) groups is 1. The summed E-state index contributed by atoms with van der Waals surface area (Å²) in [4.78, 5) is 16.2. The van der Waals surface area contributed by atoms with Crippen LogP contribution in [-0.2, 0) is 4.79 Å². The van der Waals surface area contributed by atoms with Gasteiger partial charge in [-0.15, -0.1) is 11.8 Å². The number of hydrogen-bond acceptors (Lipinski definition) is 4. The average Bonchev–Trinajstić information content (AvgIpc) is 3.17. The van der Waals surface area contributed by atoms with E-state index < -0.39 is 0 Å². The third kappa shape index (κ3) is 3.98. The van der Waals surface area contributed by atoms with Crippen molar-refractivity contribution in [2.75, 3.05) is 20.8 Å². The fourth-order valence-corrected chi connectivity index (χ4v) is 4.38. The number of rotatable bonds is 6. The third-order valence-electron chi connectivity index (χ3n) is 4.73. The monoisotopic (exact) mass is 371 g/mol. The Labute approximate surface area is 159 Å². The van der Waals surface area contributed by atoms with E-state index >= 15 is 0 Å². The molecule has 1 aliphatic heterocycles. The second kappa shape index (κ2) is 8.49. The van der Waals surface area contributed by atoms with Gasteiger partial charge in [0.2, 0.25) is 5.91 Å². The van der Waals surface area contributed by atoms with Crippen LogP contribution in [0.5, 0.6) is 11.5 Å². The van der Waals surface area contributed by atoms with Crippen LogP contribution < -0.4 is 9.47 Å². The Morgan fingerprint density at radius 1 is 1.12 bits per heavy atom. The quantitative estimate of drug-likeness (QED) is 0.699. The van der Waals surface area contributed by atoms with Crippen molar-refractivity contribution < 1.29 is 14.3 Å². The molecule has 0 spiro atoms. The number of hydrogen-bond donors (Lipinski definition) is 0. The number of methoxy groups -OCH3 is 2. The highest BCUT2D eigenvalue weighted by molar-refractivity contribution is 8.00. The molecule has 1 fully saturated rings. The number of thioether (sulfide) groups is 1.